The van der Waals surface area contributed by atoms with Crippen LogP contribution in [0.4, 0.5) is 0 Å². The Labute approximate surface area is 72.0 Å². The number of hydrogen-bond acceptors (Lipinski definition) is 2. The first-order chi connectivity index (χ1) is 5.95. The molecule has 0 aromatic heterocycles. The van der Waals surface area contributed by atoms with Gasteiger partial charge in [-0.25, -0.2) is 0 Å². The molecule has 1 aromatic carbocycles. The largest absolute Gasteiger partial charge is 0.313 e. The highest BCUT2D eigenvalue weighted by atomic mass is 15.1. The van der Waals surface area contributed by atoms with Crippen LogP contribution in [0.3, 0.4) is 0 Å². The number of fused-ring (bicyclic) bond motifs is 5. The van der Waals surface area contributed by atoms with Crippen molar-refractivity contribution in [2.45, 2.75) is 12.1 Å². The van der Waals surface area contributed by atoms with Crippen molar-refractivity contribution in [3.05, 3.63) is 35.4 Å². The van der Waals surface area contributed by atoms with Gasteiger partial charge in [0.05, 0.1) is 0 Å². The maximum atomic E-state index is 3.59. The van der Waals surface area contributed by atoms with Gasteiger partial charge in [0.15, 0.2) is 0 Å². The molecule has 2 nitrogen and oxygen atoms in total. The zero-order chi connectivity index (χ0) is 7.97. The van der Waals surface area contributed by atoms with Crippen LogP contribution in [0.25, 0.3) is 0 Å². The molecule has 0 amide bonds. The van der Waals surface area contributed by atoms with Crippen molar-refractivity contribution in [3.63, 3.8) is 0 Å². The fourth-order valence-corrected chi connectivity index (χ4v) is 2.28. The van der Waals surface area contributed by atoms with E-state index >= 15 is 0 Å². The van der Waals surface area contributed by atoms with Gasteiger partial charge in [0.2, 0.25) is 0 Å². The van der Waals surface area contributed by atoms with Crippen LogP contribution in [0.1, 0.15) is 23.2 Å². The lowest BCUT2D eigenvalue weighted by Gasteiger charge is -2.22. The number of piperazine rings is 1. The predicted octanol–water partition coefficient (Wildman–Crippen LogP) is 0.975. The van der Waals surface area contributed by atoms with Crippen molar-refractivity contribution in [1.29, 1.82) is 0 Å². The van der Waals surface area contributed by atoms with Crippen LogP contribution >= 0.6 is 0 Å². The van der Waals surface area contributed by atoms with Crippen molar-refractivity contribution in [2.75, 3.05) is 13.1 Å². The van der Waals surface area contributed by atoms with Gasteiger partial charge in [-0.3, -0.25) is 0 Å². The van der Waals surface area contributed by atoms with Crippen molar-refractivity contribution in [1.82, 2.24) is 10.6 Å². The molecule has 12 heavy (non-hydrogen) atoms. The molecule has 2 heterocycles. The first kappa shape index (κ1) is 6.63. The van der Waals surface area contributed by atoms with E-state index in [2.05, 4.69) is 34.9 Å². The zero-order valence-corrected chi connectivity index (χ0v) is 6.88. The molecular formula is C10H12N2. The number of benzene rings is 1. The predicted molar refractivity (Wildman–Crippen MR) is 47.9 cm³/mol. The van der Waals surface area contributed by atoms with E-state index < -0.39 is 0 Å². The highest BCUT2D eigenvalue weighted by molar-refractivity contribution is 5.38. The van der Waals surface area contributed by atoms with Crippen LogP contribution < -0.4 is 10.6 Å². The quantitative estimate of drug-likeness (QED) is 0.591. The number of hydrogen-bond donors (Lipinski definition) is 2. The Bertz CT molecular complexity index is 279. The summed E-state index contributed by atoms with van der Waals surface area (Å²) < 4.78 is 0. The zero-order valence-electron chi connectivity index (χ0n) is 6.88. The smallest absolute Gasteiger partial charge is 0.0455 e. The first-order valence-electron chi connectivity index (χ1n) is 4.51. The molecule has 0 spiro atoms. The van der Waals surface area contributed by atoms with Crippen LogP contribution in [-0.2, 0) is 0 Å². The second-order valence-corrected chi connectivity index (χ2v) is 3.56. The van der Waals surface area contributed by atoms with E-state index in [0.29, 0.717) is 12.1 Å². The summed E-state index contributed by atoms with van der Waals surface area (Å²) in [7, 11) is 0. The monoisotopic (exact) mass is 160 g/mol. The van der Waals surface area contributed by atoms with Crippen molar-refractivity contribution < 1.29 is 0 Å². The summed E-state index contributed by atoms with van der Waals surface area (Å²) in [4.78, 5) is 0. The van der Waals surface area contributed by atoms with Gasteiger partial charge in [-0.15, -0.1) is 0 Å². The van der Waals surface area contributed by atoms with Gasteiger partial charge >= 0.3 is 0 Å². The maximum absolute atomic E-state index is 3.59. The molecule has 1 aromatic rings. The van der Waals surface area contributed by atoms with E-state index in [-0.39, 0.29) is 0 Å². The Morgan fingerprint density at radius 2 is 1.58 bits per heavy atom. The fourth-order valence-electron chi connectivity index (χ4n) is 2.28. The molecule has 2 N–H and O–H groups in total. The van der Waals surface area contributed by atoms with Crippen LogP contribution in [0, 0.1) is 0 Å². The minimum absolute atomic E-state index is 0.556. The second kappa shape index (κ2) is 2.31. The third-order valence-electron chi connectivity index (χ3n) is 2.85. The molecule has 0 saturated carbocycles. The maximum Gasteiger partial charge on any atom is 0.0455 e. The molecule has 0 radical (unpaired) electrons. The van der Waals surface area contributed by atoms with Crippen molar-refractivity contribution in [2.24, 2.45) is 0 Å². The molecule has 2 aliphatic rings. The number of nitrogens with one attached hydrogen (secondary N) is 2. The van der Waals surface area contributed by atoms with Crippen LogP contribution in [0.5, 0.6) is 0 Å². The molecular weight excluding hydrogens is 148 g/mol. The van der Waals surface area contributed by atoms with E-state index in [1.807, 2.05) is 0 Å². The van der Waals surface area contributed by atoms with Gasteiger partial charge in [0.25, 0.3) is 0 Å². The highest BCUT2D eigenvalue weighted by Gasteiger charge is 2.32. The molecule has 2 atom stereocenters. The van der Waals surface area contributed by atoms with E-state index in [1.165, 1.54) is 11.1 Å². The summed E-state index contributed by atoms with van der Waals surface area (Å²) >= 11 is 0. The topological polar surface area (TPSA) is 24.1 Å². The van der Waals surface area contributed by atoms with Gasteiger partial charge in [0.1, 0.15) is 0 Å². The van der Waals surface area contributed by atoms with Crippen LogP contribution in [0.2, 0.25) is 0 Å². The van der Waals surface area contributed by atoms with Gasteiger partial charge in [-0.1, -0.05) is 24.3 Å². The second-order valence-electron chi connectivity index (χ2n) is 3.56. The molecule has 2 unspecified atom stereocenters. The van der Waals surface area contributed by atoms with Crippen molar-refractivity contribution in [3.8, 4) is 0 Å². The lowest BCUT2D eigenvalue weighted by molar-refractivity contribution is 0.389. The van der Waals surface area contributed by atoms with Crippen LogP contribution in [0.15, 0.2) is 24.3 Å². The van der Waals surface area contributed by atoms with E-state index in [1.54, 1.807) is 0 Å². The van der Waals surface area contributed by atoms with Crippen LogP contribution in [-0.4, -0.2) is 13.1 Å². The summed E-state index contributed by atoms with van der Waals surface area (Å²) in [5.74, 6) is 0. The van der Waals surface area contributed by atoms with E-state index in [9.17, 15) is 0 Å². The number of rotatable bonds is 0. The van der Waals surface area contributed by atoms with Gasteiger partial charge in [0, 0.05) is 25.2 Å². The van der Waals surface area contributed by atoms with Gasteiger partial charge in [-0.05, 0) is 11.1 Å². The lowest BCUT2D eigenvalue weighted by Crippen LogP contribution is -2.39. The van der Waals surface area contributed by atoms with Crippen molar-refractivity contribution >= 4 is 0 Å². The Morgan fingerprint density at radius 1 is 1.00 bits per heavy atom. The Balaban J connectivity index is 2.16. The SMILES string of the molecule is c1ccc2c(c1)C1CNCC2N1. The Kier molecular flexibility index (Phi) is 1.28. The van der Waals surface area contributed by atoms with E-state index in [4.69, 9.17) is 0 Å². The summed E-state index contributed by atoms with van der Waals surface area (Å²) in [5.41, 5.74) is 2.99. The van der Waals surface area contributed by atoms with Gasteiger partial charge in [-0.2, -0.15) is 0 Å². The highest BCUT2D eigenvalue weighted by Crippen LogP contribution is 2.34. The molecule has 0 aliphatic carbocycles. The summed E-state index contributed by atoms with van der Waals surface area (Å²) in [5, 5.41) is 7.02. The third kappa shape index (κ3) is 0.765. The summed E-state index contributed by atoms with van der Waals surface area (Å²) in [6.45, 7) is 2.15. The molecule has 3 rings (SSSR count). The average molecular weight is 160 g/mol. The average Bonchev–Trinajstić information content (AvgIpc) is 2.41. The lowest BCUT2D eigenvalue weighted by atomic mass is 10.0. The molecule has 1 saturated heterocycles. The fraction of sp³-hybridized carbons (Fsp3) is 0.400. The third-order valence-corrected chi connectivity index (χ3v) is 2.85. The van der Waals surface area contributed by atoms with E-state index in [0.717, 1.165) is 13.1 Å². The molecule has 62 valence electrons. The summed E-state index contributed by atoms with van der Waals surface area (Å²) in [6.07, 6.45) is 0. The minimum Gasteiger partial charge on any atom is -0.313 e. The Hall–Kier alpha value is -0.860. The standard InChI is InChI=1S/C10H12N2/c1-2-4-8-7(3-1)9-5-11-6-10(8)12-9/h1-4,9-12H,5-6H2. The molecule has 2 heteroatoms. The van der Waals surface area contributed by atoms with Gasteiger partial charge < -0.3 is 10.6 Å². The normalized spacial score (nSPS) is 31.7. The molecule has 1 fully saturated rings. The summed E-state index contributed by atoms with van der Waals surface area (Å²) in [6, 6.07) is 9.84. The Morgan fingerprint density at radius 3 is 2.17 bits per heavy atom. The molecule has 2 bridgehead atoms. The molecule has 2 aliphatic heterocycles. The first-order valence-corrected chi connectivity index (χ1v) is 4.51. The minimum atomic E-state index is 0.556.